The minimum atomic E-state index is -0.934. The highest BCUT2D eigenvalue weighted by Gasteiger charge is 2.34. The van der Waals surface area contributed by atoms with E-state index >= 15 is 0 Å². The van der Waals surface area contributed by atoms with Crippen molar-refractivity contribution in [2.75, 3.05) is 16.0 Å². The maximum atomic E-state index is 12.9. The Morgan fingerprint density at radius 2 is 1.73 bits per heavy atom. The smallest absolute Gasteiger partial charge is 0.258 e. The molecule has 0 saturated carbocycles. The van der Waals surface area contributed by atoms with Gasteiger partial charge < -0.3 is 16.0 Å². The second kappa shape index (κ2) is 7.82. The molecule has 0 saturated heterocycles. The molecule has 1 atom stereocenters. The summed E-state index contributed by atoms with van der Waals surface area (Å²) < 4.78 is 0. The lowest BCUT2D eigenvalue weighted by Crippen LogP contribution is -2.36. The average molecular weight is 403 g/mol. The molecule has 0 radical (unpaired) electrons. The zero-order valence-corrected chi connectivity index (χ0v) is 16.6. The first kappa shape index (κ1) is 19.4. The first-order chi connectivity index (χ1) is 14.4. The van der Waals surface area contributed by atoms with Crippen LogP contribution in [0.5, 0.6) is 0 Å². The van der Waals surface area contributed by atoms with E-state index in [1.165, 1.54) is 0 Å². The number of amides is 2. The van der Waals surface area contributed by atoms with Gasteiger partial charge in [-0.1, -0.05) is 24.3 Å². The number of hydrogen-bond donors (Lipinski definition) is 4. The summed E-state index contributed by atoms with van der Waals surface area (Å²) >= 11 is 0. The van der Waals surface area contributed by atoms with Crippen molar-refractivity contribution in [3.8, 4) is 0 Å². The highest BCUT2D eigenvalue weighted by atomic mass is 16.2. The Balaban J connectivity index is 1.65. The van der Waals surface area contributed by atoms with E-state index in [-0.39, 0.29) is 29.7 Å². The number of fused-ring (bicyclic) bond motifs is 1. The fourth-order valence-corrected chi connectivity index (χ4v) is 3.59. The van der Waals surface area contributed by atoms with E-state index in [0.29, 0.717) is 5.69 Å². The number of aryl methyl sites for hydroxylation is 2. The topological polar surface area (TPSA) is 116 Å². The molecule has 4 N–H and O–H groups in total. The summed E-state index contributed by atoms with van der Waals surface area (Å²) in [5.74, 6) is -1.45. The average Bonchev–Trinajstić information content (AvgIpc) is 2.67. The molecule has 8 heteroatoms. The molecule has 1 aliphatic heterocycles. The third kappa shape index (κ3) is 4.07. The molecule has 0 fully saturated rings. The lowest BCUT2D eigenvalue weighted by Gasteiger charge is -2.23. The van der Waals surface area contributed by atoms with Gasteiger partial charge in [-0.25, -0.2) is 0 Å². The van der Waals surface area contributed by atoms with Crippen LogP contribution in [0.15, 0.2) is 53.3 Å². The summed E-state index contributed by atoms with van der Waals surface area (Å²) in [5, 5.41) is 8.41. The molecule has 8 nitrogen and oxygen atoms in total. The molecular formula is C22H21N5O3. The number of H-pyrrole nitrogens is 1. The molecule has 2 heterocycles. The molecular weight excluding hydrogens is 382 g/mol. The number of carbonyl (C=O) groups is 2. The SMILES string of the molecule is Cc1cc(C)cc(NC(=O)[C@@H]2CC(=O)Nc3nc(Nc4ccccc4)[nH]c(=O)c32)c1. The number of nitrogens with one attached hydrogen (secondary N) is 4. The number of anilines is 4. The maximum absolute atomic E-state index is 12.9. The van der Waals surface area contributed by atoms with E-state index in [2.05, 4.69) is 25.9 Å². The largest absolute Gasteiger partial charge is 0.326 e. The standard InChI is InChI=1S/C22H21N5O3/c1-12-8-13(2)10-15(9-12)23-20(29)16-11-17(28)25-19-18(16)21(30)27-22(26-19)24-14-6-4-3-5-7-14/h3-10,16H,11H2,1-2H3,(H,23,29)(H3,24,25,26,27,28,30)/t16-/m1/s1. The van der Waals surface area contributed by atoms with Gasteiger partial charge in [-0.3, -0.25) is 19.4 Å². The van der Waals surface area contributed by atoms with Crippen molar-refractivity contribution in [3.05, 3.63) is 75.6 Å². The number of para-hydroxylation sites is 1. The highest BCUT2D eigenvalue weighted by Crippen LogP contribution is 2.30. The second-order valence-electron chi connectivity index (χ2n) is 7.34. The third-order valence-corrected chi connectivity index (χ3v) is 4.79. The van der Waals surface area contributed by atoms with Crippen molar-refractivity contribution in [1.29, 1.82) is 0 Å². The van der Waals surface area contributed by atoms with Gasteiger partial charge in [0, 0.05) is 17.8 Å². The van der Waals surface area contributed by atoms with Crippen LogP contribution in [0.3, 0.4) is 0 Å². The first-order valence-electron chi connectivity index (χ1n) is 9.54. The fourth-order valence-electron chi connectivity index (χ4n) is 3.59. The van der Waals surface area contributed by atoms with Crippen molar-refractivity contribution < 1.29 is 9.59 Å². The number of nitrogens with zero attached hydrogens (tertiary/aromatic N) is 1. The molecule has 1 aliphatic rings. The Kier molecular flexibility index (Phi) is 5.05. The van der Waals surface area contributed by atoms with Crippen LogP contribution in [0.4, 0.5) is 23.1 Å². The van der Waals surface area contributed by atoms with E-state index < -0.39 is 17.4 Å². The molecule has 4 rings (SSSR count). The van der Waals surface area contributed by atoms with Gasteiger partial charge in [0.2, 0.25) is 17.8 Å². The van der Waals surface area contributed by atoms with E-state index in [9.17, 15) is 14.4 Å². The van der Waals surface area contributed by atoms with E-state index in [4.69, 9.17) is 0 Å². The molecule has 2 aromatic carbocycles. The summed E-state index contributed by atoms with van der Waals surface area (Å²) in [7, 11) is 0. The first-order valence-corrected chi connectivity index (χ1v) is 9.54. The number of rotatable bonds is 4. The van der Waals surface area contributed by atoms with Crippen molar-refractivity contribution >= 4 is 35.0 Å². The van der Waals surface area contributed by atoms with Gasteiger partial charge in [0.15, 0.2) is 0 Å². The zero-order chi connectivity index (χ0) is 21.3. The summed E-state index contributed by atoms with van der Waals surface area (Å²) in [6, 6.07) is 14.9. The summed E-state index contributed by atoms with van der Waals surface area (Å²) in [6.07, 6.45) is -0.125. The summed E-state index contributed by atoms with van der Waals surface area (Å²) in [6.45, 7) is 3.86. The van der Waals surface area contributed by atoms with Crippen LogP contribution in [0.25, 0.3) is 0 Å². The van der Waals surface area contributed by atoms with Crippen molar-refractivity contribution in [1.82, 2.24) is 9.97 Å². The van der Waals surface area contributed by atoms with Crippen molar-refractivity contribution in [2.45, 2.75) is 26.2 Å². The van der Waals surface area contributed by atoms with E-state index in [1.807, 2.05) is 62.4 Å². The number of aromatic amines is 1. The van der Waals surface area contributed by atoms with Gasteiger partial charge in [-0.05, 0) is 49.2 Å². The quantitative estimate of drug-likeness (QED) is 0.534. The molecule has 0 aliphatic carbocycles. The minimum Gasteiger partial charge on any atom is -0.326 e. The molecule has 152 valence electrons. The van der Waals surface area contributed by atoms with Gasteiger partial charge in [0.05, 0.1) is 11.5 Å². The highest BCUT2D eigenvalue weighted by molar-refractivity contribution is 6.04. The number of benzene rings is 2. The summed E-state index contributed by atoms with van der Waals surface area (Å²) in [4.78, 5) is 44.9. The normalized spacial score (nSPS) is 15.1. The van der Waals surface area contributed by atoms with E-state index in [0.717, 1.165) is 16.8 Å². The van der Waals surface area contributed by atoms with Crippen LogP contribution >= 0.6 is 0 Å². The van der Waals surface area contributed by atoms with Gasteiger partial charge in [-0.2, -0.15) is 4.98 Å². The lowest BCUT2D eigenvalue weighted by atomic mass is 9.92. The number of aromatic nitrogens is 2. The molecule has 1 aromatic heterocycles. The van der Waals surface area contributed by atoms with Crippen LogP contribution in [0.1, 0.15) is 29.0 Å². The van der Waals surface area contributed by atoms with Crippen molar-refractivity contribution in [2.24, 2.45) is 0 Å². The number of carbonyl (C=O) groups excluding carboxylic acids is 2. The molecule has 0 unspecified atom stereocenters. The van der Waals surface area contributed by atoms with Crippen LogP contribution in [-0.2, 0) is 9.59 Å². The monoisotopic (exact) mass is 403 g/mol. The minimum absolute atomic E-state index is 0.0917. The van der Waals surface area contributed by atoms with Crippen LogP contribution in [0, 0.1) is 13.8 Å². The predicted molar refractivity (Wildman–Crippen MR) is 115 cm³/mol. The molecule has 3 aromatic rings. The lowest BCUT2D eigenvalue weighted by molar-refractivity contribution is -0.123. The Hall–Kier alpha value is -3.94. The molecule has 30 heavy (non-hydrogen) atoms. The van der Waals surface area contributed by atoms with Gasteiger partial charge in [-0.15, -0.1) is 0 Å². The Morgan fingerprint density at radius 1 is 1.03 bits per heavy atom. The van der Waals surface area contributed by atoms with Gasteiger partial charge >= 0.3 is 0 Å². The Labute approximate surface area is 172 Å². The van der Waals surface area contributed by atoms with Gasteiger partial charge in [0.1, 0.15) is 5.82 Å². The van der Waals surface area contributed by atoms with Crippen LogP contribution in [-0.4, -0.2) is 21.8 Å². The molecule has 0 spiro atoms. The Morgan fingerprint density at radius 3 is 2.43 bits per heavy atom. The van der Waals surface area contributed by atoms with Crippen LogP contribution in [0.2, 0.25) is 0 Å². The van der Waals surface area contributed by atoms with Gasteiger partial charge in [0.25, 0.3) is 5.56 Å². The predicted octanol–water partition coefficient (Wildman–Crippen LogP) is 3.19. The second-order valence-corrected chi connectivity index (χ2v) is 7.34. The zero-order valence-electron chi connectivity index (χ0n) is 16.6. The third-order valence-electron chi connectivity index (χ3n) is 4.79. The van der Waals surface area contributed by atoms with E-state index in [1.54, 1.807) is 0 Å². The fraction of sp³-hybridized carbons (Fsp3) is 0.182. The van der Waals surface area contributed by atoms with Crippen molar-refractivity contribution in [3.63, 3.8) is 0 Å². The summed E-state index contributed by atoms with van der Waals surface area (Å²) in [5.41, 5.74) is 3.03. The van der Waals surface area contributed by atoms with Crippen LogP contribution < -0.4 is 21.5 Å². The number of hydrogen-bond acceptors (Lipinski definition) is 5. The Bertz CT molecular complexity index is 1170. The maximum Gasteiger partial charge on any atom is 0.258 e. The molecule has 0 bridgehead atoms. The molecule has 2 amide bonds.